The Hall–Kier alpha value is -2.71. The Balaban J connectivity index is 1.67. The molecular formula is C21H18FN3O2S2. The van der Waals surface area contributed by atoms with E-state index in [-0.39, 0.29) is 12.4 Å². The van der Waals surface area contributed by atoms with Crippen LogP contribution in [0.15, 0.2) is 53.7 Å². The zero-order valence-corrected chi connectivity index (χ0v) is 17.5. The van der Waals surface area contributed by atoms with Crippen LogP contribution >= 0.6 is 23.1 Å². The monoisotopic (exact) mass is 427 g/mol. The maximum atomic E-state index is 14.6. The van der Waals surface area contributed by atoms with Crippen molar-refractivity contribution in [1.29, 1.82) is 0 Å². The minimum atomic E-state index is -0.424. The highest BCUT2D eigenvalue weighted by Gasteiger charge is 2.22. The van der Waals surface area contributed by atoms with E-state index in [1.54, 1.807) is 13.0 Å². The van der Waals surface area contributed by atoms with Crippen LogP contribution in [0.5, 0.6) is 0 Å². The Morgan fingerprint density at radius 1 is 1.17 bits per heavy atom. The number of halogens is 1. The second-order valence-corrected chi connectivity index (χ2v) is 8.26. The molecule has 29 heavy (non-hydrogen) atoms. The summed E-state index contributed by atoms with van der Waals surface area (Å²) in [6, 6.07) is 14.7. The summed E-state index contributed by atoms with van der Waals surface area (Å²) in [5.74, 6) is 0.370. The summed E-state index contributed by atoms with van der Waals surface area (Å²) in [5, 5.41) is 9.72. The number of aromatic nitrogens is 3. The highest BCUT2D eigenvalue weighted by molar-refractivity contribution is 7.98. The molecule has 0 radical (unpaired) electrons. The van der Waals surface area contributed by atoms with E-state index in [1.165, 1.54) is 29.2 Å². The topological polar surface area (TPSA) is 57.0 Å². The molecule has 0 atom stereocenters. The van der Waals surface area contributed by atoms with Gasteiger partial charge in [-0.25, -0.2) is 9.18 Å². The molecular weight excluding hydrogens is 409 g/mol. The number of hydrogen-bond donors (Lipinski definition) is 0. The molecule has 0 bridgehead atoms. The lowest BCUT2D eigenvalue weighted by molar-refractivity contribution is 0.0531. The molecule has 0 unspecified atom stereocenters. The third-order valence-electron chi connectivity index (χ3n) is 4.44. The fourth-order valence-corrected chi connectivity index (χ4v) is 5.24. The van der Waals surface area contributed by atoms with Crippen LogP contribution in [0.4, 0.5) is 4.39 Å². The molecule has 8 heteroatoms. The van der Waals surface area contributed by atoms with E-state index in [2.05, 4.69) is 10.2 Å². The van der Waals surface area contributed by atoms with Gasteiger partial charge in [-0.05, 0) is 24.6 Å². The predicted molar refractivity (Wildman–Crippen MR) is 114 cm³/mol. The van der Waals surface area contributed by atoms with E-state index < -0.39 is 5.97 Å². The van der Waals surface area contributed by atoms with E-state index in [0.29, 0.717) is 26.7 Å². The summed E-state index contributed by atoms with van der Waals surface area (Å²) >= 11 is 2.67. The lowest BCUT2D eigenvalue weighted by atomic mass is 10.1. The number of carbonyl (C=O) groups is 1. The lowest BCUT2D eigenvalue weighted by Crippen LogP contribution is -2.05. The molecule has 4 rings (SSSR count). The Bertz CT molecular complexity index is 1170. The third kappa shape index (κ3) is 3.77. The van der Waals surface area contributed by atoms with Gasteiger partial charge in [0.15, 0.2) is 11.0 Å². The van der Waals surface area contributed by atoms with Crippen molar-refractivity contribution < 1.29 is 13.9 Å². The van der Waals surface area contributed by atoms with Gasteiger partial charge in [0.1, 0.15) is 10.7 Å². The summed E-state index contributed by atoms with van der Waals surface area (Å²) < 4.78 is 22.4. The Labute approximate surface area is 175 Å². The SMILES string of the molecule is CCOC(=O)c1sc2cccc(F)c2c1CSc1nnc(-c2ccccc2)n1C. The van der Waals surface area contributed by atoms with Gasteiger partial charge in [-0.15, -0.1) is 21.5 Å². The van der Waals surface area contributed by atoms with Gasteiger partial charge in [-0.1, -0.05) is 48.2 Å². The van der Waals surface area contributed by atoms with E-state index in [4.69, 9.17) is 4.74 Å². The number of rotatable bonds is 6. The van der Waals surface area contributed by atoms with Crippen LogP contribution in [0.1, 0.15) is 22.2 Å². The number of thiophene rings is 1. The van der Waals surface area contributed by atoms with Crippen molar-refractivity contribution in [2.45, 2.75) is 17.8 Å². The summed E-state index contributed by atoms with van der Waals surface area (Å²) in [7, 11) is 1.89. The molecule has 0 saturated carbocycles. The van der Waals surface area contributed by atoms with Crippen molar-refractivity contribution >= 4 is 39.2 Å². The normalized spacial score (nSPS) is 11.1. The molecule has 0 amide bonds. The van der Waals surface area contributed by atoms with Crippen LogP contribution in [-0.2, 0) is 17.5 Å². The summed E-state index contributed by atoms with van der Waals surface area (Å²) in [5.41, 5.74) is 1.60. The maximum absolute atomic E-state index is 14.6. The number of nitrogens with zero attached hydrogens (tertiary/aromatic N) is 3. The van der Waals surface area contributed by atoms with Gasteiger partial charge in [0.25, 0.3) is 0 Å². The van der Waals surface area contributed by atoms with Crippen LogP contribution < -0.4 is 0 Å². The molecule has 0 aliphatic heterocycles. The number of esters is 1. The molecule has 148 valence electrons. The second-order valence-electron chi connectivity index (χ2n) is 6.26. The number of thioether (sulfide) groups is 1. The largest absolute Gasteiger partial charge is 0.462 e. The first-order valence-electron chi connectivity index (χ1n) is 9.04. The van der Waals surface area contributed by atoms with Crippen LogP contribution in [0.25, 0.3) is 21.5 Å². The number of benzene rings is 2. The number of hydrogen-bond acceptors (Lipinski definition) is 6. The molecule has 0 aliphatic rings. The summed E-state index contributed by atoms with van der Waals surface area (Å²) in [6.45, 7) is 2.02. The molecule has 2 heterocycles. The molecule has 0 fully saturated rings. The fourth-order valence-electron chi connectivity index (χ4n) is 3.08. The fraction of sp³-hybridized carbons (Fsp3) is 0.190. The third-order valence-corrected chi connectivity index (χ3v) is 6.66. The Morgan fingerprint density at radius 2 is 1.97 bits per heavy atom. The average Bonchev–Trinajstić information content (AvgIpc) is 3.28. The highest BCUT2D eigenvalue weighted by atomic mass is 32.2. The molecule has 0 aliphatic carbocycles. The van der Waals surface area contributed by atoms with Crippen LogP contribution in [-0.4, -0.2) is 27.3 Å². The van der Waals surface area contributed by atoms with Crippen molar-refractivity contribution in [2.24, 2.45) is 7.05 Å². The van der Waals surface area contributed by atoms with Crippen LogP contribution in [0, 0.1) is 5.82 Å². The molecule has 0 saturated heterocycles. The second kappa shape index (κ2) is 8.34. The molecule has 0 spiro atoms. The minimum Gasteiger partial charge on any atom is -0.462 e. The first kappa shape index (κ1) is 19.6. The summed E-state index contributed by atoms with van der Waals surface area (Å²) in [6.07, 6.45) is 0. The Morgan fingerprint density at radius 3 is 2.72 bits per heavy atom. The minimum absolute atomic E-state index is 0.270. The van der Waals surface area contributed by atoms with E-state index >= 15 is 0 Å². The van der Waals surface area contributed by atoms with Crippen molar-refractivity contribution in [3.05, 3.63) is 64.8 Å². The van der Waals surface area contributed by atoms with Crippen molar-refractivity contribution in [2.75, 3.05) is 6.61 Å². The highest BCUT2D eigenvalue weighted by Crippen LogP contribution is 2.37. The zero-order chi connectivity index (χ0) is 20.4. The quantitative estimate of drug-likeness (QED) is 0.308. The number of carbonyl (C=O) groups excluding carboxylic acids is 1. The number of ether oxygens (including phenoxy) is 1. The first-order valence-corrected chi connectivity index (χ1v) is 10.8. The first-order chi connectivity index (χ1) is 14.1. The maximum Gasteiger partial charge on any atom is 0.348 e. The smallest absolute Gasteiger partial charge is 0.348 e. The van der Waals surface area contributed by atoms with Gasteiger partial charge in [0.2, 0.25) is 0 Å². The predicted octanol–water partition coefficient (Wildman–Crippen LogP) is 5.30. The lowest BCUT2D eigenvalue weighted by Gasteiger charge is -2.06. The van der Waals surface area contributed by atoms with Gasteiger partial charge in [0, 0.05) is 28.5 Å². The zero-order valence-electron chi connectivity index (χ0n) is 15.9. The molecule has 4 aromatic rings. The Kier molecular flexibility index (Phi) is 5.64. The van der Waals surface area contributed by atoms with Gasteiger partial charge in [-0.3, -0.25) is 0 Å². The van der Waals surface area contributed by atoms with E-state index in [1.807, 2.05) is 48.0 Å². The standard InChI is InChI=1S/C21H18FN3O2S2/c1-3-27-20(26)18-14(17-15(22)10-7-11-16(17)29-18)12-28-21-24-23-19(25(21)2)13-8-5-4-6-9-13/h4-11H,3,12H2,1-2H3. The van der Waals surface area contributed by atoms with Crippen molar-refractivity contribution in [3.8, 4) is 11.4 Å². The van der Waals surface area contributed by atoms with Crippen LogP contribution in [0.3, 0.4) is 0 Å². The molecule has 5 nitrogen and oxygen atoms in total. The van der Waals surface area contributed by atoms with Crippen molar-refractivity contribution in [3.63, 3.8) is 0 Å². The molecule has 2 aromatic carbocycles. The molecule has 2 aromatic heterocycles. The van der Waals surface area contributed by atoms with Crippen molar-refractivity contribution in [1.82, 2.24) is 14.8 Å². The molecule has 0 N–H and O–H groups in total. The average molecular weight is 428 g/mol. The van der Waals surface area contributed by atoms with Gasteiger partial charge in [-0.2, -0.15) is 0 Å². The van der Waals surface area contributed by atoms with E-state index in [0.717, 1.165) is 16.1 Å². The van der Waals surface area contributed by atoms with Crippen LogP contribution in [0.2, 0.25) is 0 Å². The van der Waals surface area contributed by atoms with E-state index in [9.17, 15) is 9.18 Å². The van der Waals surface area contributed by atoms with Gasteiger partial charge in [0.05, 0.1) is 6.61 Å². The number of fused-ring (bicyclic) bond motifs is 1. The van der Waals surface area contributed by atoms with Gasteiger partial charge >= 0.3 is 5.97 Å². The van der Waals surface area contributed by atoms with Gasteiger partial charge < -0.3 is 9.30 Å². The summed E-state index contributed by atoms with van der Waals surface area (Å²) in [4.78, 5) is 12.9.